The fraction of sp³-hybridized carbons (Fsp3) is 0.576. The first-order valence-electron chi connectivity index (χ1n) is 15.1. The van der Waals surface area contributed by atoms with Crippen LogP contribution < -0.4 is 0 Å². The van der Waals surface area contributed by atoms with Gasteiger partial charge < -0.3 is 9.64 Å². The Kier molecular flexibility index (Phi) is 11.0. The van der Waals surface area contributed by atoms with Gasteiger partial charge in [-0.25, -0.2) is 9.67 Å². The average molecular weight is 547 g/mol. The number of carbonyl (C=O) groups excluding carboxylic acids is 2. The van der Waals surface area contributed by atoms with Gasteiger partial charge in [0, 0.05) is 61.6 Å². The molecule has 0 spiro atoms. The number of unbranched alkanes of at least 4 members (excludes halogenated alkanes) is 1. The Bertz CT molecular complexity index is 1280. The zero-order valence-electron chi connectivity index (χ0n) is 24.8. The maximum Gasteiger partial charge on any atom is 0.163 e. The van der Waals surface area contributed by atoms with Crippen molar-refractivity contribution >= 4 is 22.6 Å². The third-order valence-electron chi connectivity index (χ3n) is 7.96. The Morgan fingerprint density at radius 3 is 2.65 bits per heavy atom. The second-order valence-electron chi connectivity index (χ2n) is 11.7. The van der Waals surface area contributed by atoms with Gasteiger partial charge in [0.15, 0.2) is 11.4 Å². The molecule has 0 amide bonds. The van der Waals surface area contributed by atoms with Gasteiger partial charge in [0.1, 0.15) is 5.78 Å². The molecule has 1 fully saturated rings. The predicted molar refractivity (Wildman–Crippen MR) is 161 cm³/mol. The first kappa shape index (κ1) is 30.1. The summed E-state index contributed by atoms with van der Waals surface area (Å²) in [7, 11) is 2.15. The standard InChI is InChI=1S/C33H46N4O3/c1-5-6-17-36(4)23-26-9-7-10-27(20-26)31-21-29(30-22-34-37(24(2)3)33(30)35-31)32(39)12-8-11-28(38)14-13-25-15-18-40-19-16-25/h7,9-10,20-22,24-25H,5-6,8,11-19,23H2,1-4H3. The molecule has 2 aromatic heterocycles. The summed E-state index contributed by atoms with van der Waals surface area (Å²) in [5.74, 6) is 0.897. The van der Waals surface area contributed by atoms with E-state index in [-0.39, 0.29) is 17.6 Å². The summed E-state index contributed by atoms with van der Waals surface area (Å²) in [6.45, 7) is 9.90. The lowest BCUT2D eigenvalue weighted by Gasteiger charge is -2.21. The summed E-state index contributed by atoms with van der Waals surface area (Å²) < 4.78 is 7.31. The van der Waals surface area contributed by atoms with Crippen molar-refractivity contribution in [2.75, 3.05) is 26.8 Å². The van der Waals surface area contributed by atoms with Gasteiger partial charge in [-0.2, -0.15) is 5.10 Å². The lowest BCUT2D eigenvalue weighted by Crippen LogP contribution is -2.18. The highest BCUT2D eigenvalue weighted by Gasteiger charge is 2.20. The number of Topliss-reactive ketones (excluding diaryl/α,β-unsaturated/α-hetero) is 2. The van der Waals surface area contributed by atoms with Crippen LogP contribution in [-0.4, -0.2) is 58.0 Å². The van der Waals surface area contributed by atoms with E-state index in [0.29, 0.717) is 37.2 Å². The third kappa shape index (κ3) is 8.07. The van der Waals surface area contributed by atoms with Crippen molar-refractivity contribution in [2.45, 2.75) is 91.1 Å². The van der Waals surface area contributed by atoms with E-state index in [9.17, 15) is 9.59 Å². The number of rotatable bonds is 15. The largest absolute Gasteiger partial charge is 0.381 e. The summed E-state index contributed by atoms with van der Waals surface area (Å²) in [4.78, 5) is 33.4. The average Bonchev–Trinajstić information content (AvgIpc) is 3.39. The number of hydrogen-bond acceptors (Lipinski definition) is 6. The lowest BCUT2D eigenvalue weighted by atomic mass is 9.93. The number of hydrogen-bond donors (Lipinski definition) is 0. The number of ketones is 2. The van der Waals surface area contributed by atoms with Crippen LogP contribution in [0.2, 0.25) is 0 Å². The van der Waals surface area contributed by atoms with Crippen molar-refractivity contribution < 1.29 is 14.3 Å². The van der Waals surface area contributed by atoms with Crippen molar-refractivity contribution in [1.82, 2.24) is 19.7 Å². The smallest absolute Gasteiger partial charge is 0.163 e. The monoisotopic (exact) mass is 546 g/mol. The number of carbonyl (C=O) groups is 2. The fourth-order valence-electron chi connectivity index (χ4n) is 5.53. The van der Waals surface area contributed by atoms with Gasteiger partial charge in [-0.05, 0) is 83.2 Å². The van der Waals surface area contributed by atoms with Crippen molar-refractivity contribution in [3.8, 4) is 11.3 Å². The quantitative estimate of drug-likeness (QED) is 0.190. The highest BCUT2D eigenvalue weighted by Crippen LogP contribution is 2.28. The number of aromatic nitrogens is 3. The third-order valence-corrected chi connectivity index (χ3v) is 7.96. The molecular weight excluding hydrogens is 500 g/mol. The molecule has 3 heterocycles. The van der Waals surface area contributed by atoms with E-state index in [0.717, 1.165) is 67.9 Å². The Balaban J connectivity index is 1.49. The van der Waals surface area contributed by atoms with Crippen molar-refractivity contribution in [3.63, 3.8) is 0 Å². The van der Waals surface area contributed by atoms with Crippen LogP contribution in [0.3, 0.4) is 0 Å². The number of fused-ring (bicyclic) bond motifs is 1. The zero-order valence-corrected chi connectivity index (χ0v) is 24.8. The molecule has 1 aliphatic rings. The molecule has 0 radical (unpaired) electrons. The molecule has 1 aromatic carbocycles. The van der Waals surface area contributed by atoms with Crippen LogP contribution in [0.25, 0.3) is 22.3 Å². The second kappa shape index (κ2) is 14.6. The molecule has 1 aliphatic heterocycles. The van der Waals surface area contributed by atoms with Crippen LogP contribution >= 0.6 is 0 Å². The second-order valence-corrected chi connectivity index (χ2v) is 11.7. The predicted octanol–water partition coefficient (Wildman–Crippen LogP) is 7.04. The van der Waals surface area contributed by atoms with Gasteiger partial charge in [0.05, 0.1) is 11.9 Å². The van der Waals surface area contributed by atoms with Gasteiger partial charge in [-0.15, -0.1) is 0 Å². The summed E-state index contributed by atoms with van der Waals surface area (Å²) in [6.07, 6.45) is 9.13. The number of benzene rings is 1. The minimum Gasteiger partial charge on any atom is -0.381 e. The summed E-state index contributed by atoms with van der Waals surface area (Å²) in [5, 5.41) is 5.35. The van der Waals surface area contributed by atoms with Gasteiger partial charge in [0.2, 0.25) is 0 Å². The Morgan fingerprint density at radius 1 is 1.10 bits per heavy atom. The Labute approximate surface area is 239 Å². The van der Waals surface area contributed by atoms with Crippen molar-refractivity contribution in [1.29, 1.82) is 0 Å². The summed E-state index contributed by atoms with van der Waals surface area (Å²) in [6, 6.07) is 10.5. The molecule has 3 aromatic rings. The maximum absolute atomic E-state index is 13.5. The van der Waals surface area contributed by atoms with Gasteiger partial charge >= 0.3 is 0 Å². The summed E-state index contributed by atoms with van der Waals surface area (Å²) in [5.41, 5.74) is 4.38. The lowest BCUT2D eigenvalue weighted by molar-refractivity contribution is -0.119. The van der Waals surface area contributed by atoms with Gasteiger partial charge in [0.25, 0.3) is 0 Å². The van der Waals surface area contributed by atoms with E-state index in [1.165, 1.54) is 18.4 Å². The molecule has 0 unspecified atom stereocenters. The molecule has 7 nitrogen and oxygen atoms in total. The molecule has 1 saturated heterocycles. The van der Waals surface area contributed by atoms with Crippen LogP contribution in [0.4, 0.5) is 0 Å². The highest BCUT2D eigenvalue weighted by molar-refractivity contribution is 6.07. The molecule has 0 aliphatic carbocycles. The van der Waals surface area contributed by atoms with E-state index >= 15 is 0 Å². The zero-order chi connectivity index (χ0) is 28.5. The van der Waals surface area contributed by atoms with E-state index < -0.39 is 0 Å². The highest BCUT2D eigenvalue weighted by atomic mass is 16.5. The molecule has 216 valence electrons. The maximum atomic E-state index is 13.5. The van der Waals surface area contributed by atoms with E-state index in [4.69, 9.17) is 9.72 Å². The van der Waals surface area contributed by atoms with Crippen LogP contribution in [0.5, 0.6) is 0 Å². The summed E-state index contributed by atoms with van der Waals surface area (Å²) >= 11 is 0. The first-order valence-corrected chi connectivity index (χ1v) is 15.1. The Hall–Kier alpha value is -2.90. The normalized spacial score (nSPS) is 14.4. The van der Waals surface area contributed by atoms with Crippen molar-refractivity contribution in [2.24, 2.45) is 5.92 Å². The Morgan fingerprint density at radius 2 is 1.90 bits per heavy atom. The molecule has 0 saturated carbocycles. The molecule has 0 bridgehead atoms. The van der Waals surface area contributed by atoms with Gasteiger partial charge in [-0.1, -0.05) is 31.5 Å². The molecule has 0 atom stereocenters. The molecule has 4 rings (SSSR count). The van der Waals surface area contributed by atoms with E-state index in [2.05, 4.69) is 62.1 Å². The SMILES string of the molecule is CCCCN(C)Cc1cccc(-c2cc(C(=O)CCCC(=O)CCC3CCOCC3)c3cnn(C(C)C)c3n2)c1. The molecule has 40 heavy (non-hydrogen) atoms. The molecular formula is C33H46N4O3. The number of ether oxygens (including phenoxy) is 1. The van der Waals surface area contributed by atoms with Crippen molar-refractivity contribution in [3.05, 3.63) is 47.7 Å². The number of nitrogens with zero attached hydrogens (tertiary/aromatic N) is 4. The fourth-order valence-corrected chi connectivity index (χ4v) is 5.53. The number of pyridine rings is 1. The van der Waals surface area contributed by atoms with Crippen LogP contribution in [-0.2, 0) is 16.1 Å². The topological polar surface area (TPSA) is 77.3 Å². The van der Waals surface area contributed by atoms with Crippen LogP contribution in [0, 0.1) is 5.92 Å². The minimum absolute atomic E-state index is 0.0460. The van der Waals surface area contributed by atoms with E-state index in [1.54, 1.807) is 6.20 Å². The van der Waals surface area contributed by atoms with E-state index in [1.807, 2.05) is 10.7 Å². The molecule has 0 N–H and O–H groups in total. The minimum atomic E-state index is 0.0460. The molecule has 7 heteroatoms. The van der Waals surface area contributed by atoms with Gasteiger partial charge in [-0.3, -0.25) is 9.59 Å². The first-order chi connectivity index (χ1) is 19.4. The van der Waals surface area contributed by atoms with Crippen LogP contribution in [0.1, 0.15) is 101 Å². The van der Waals surface area contributed by atoms with Crippen LogP contribution in [0.15, 0.2) is 36.5 Å².